The number of nitriles is 1. The molecular weight excluding hydrogens is 630 g/mol. The maximum absolute atomic E-state index is 13.9. The zero-order valence-corrected chi connectivity index (χ0v) is 26.4. The lowest BCUT2D eigenvalue weighted by atomic mass is 9.95. The molecule has 1 aliphatic rings. The van der Waals surface area contributed by atoms with Gasteiger partial charge in [-0.25, -0.2) is 9.79 Å². The van der Waals surface area contributed by atoms with Crippen LogP contribution in [0.1, 0.15) is 47.7 Å². The lowest BCUT2D eigenvalue weighted by molar-refractivity contribution is -0.139. The summed E-state index contributed by atoms with van der Waals surface area (Å²) in [4.78, 5) is 32.2. The predicted molar refractivity (Wildman–Crippen MR) is 168 cm³/mol. The van der Waals surface area contributed by atoms with E-state index in [9.17, 15) is 9.59 Å². The van der Waals surface area contributed by atoms with Crippen LogP contribution in [0.15, 0.2) is 86.2 Å². The molecule has 2 heterocycles. The molecule has 0 unspecified atom stereocenters. The van der Waals surface area contributed by atoms with Gasteiger partial charge in [0, 0.05) is 0 Å². The number of hydrogen-bond acceptors (Lipinski definition) is 8. The second kappa shape index (κ2) is 12.8. The van der Waals surface area contributed by atoms with Crippen molar-refractivity contribution >= 4 is 39.3 Å². The van der Waals surface area contributed by atoms with E-state index < -0.39 is 12.0 Å². The zero-order valence-electron chi connectivity index (χ0n) is 24.0. The molecule has 10 heteroatoms. The molecule has 0 bridgehead atoms. The minimum absolute atomic E-state index is 0.213. The number of carbonyl (C=O) groups excluding carboxylic acids is 1. The number of carbonyl (C=O) groups is 1. The number of rotatable bonds is 8. The molecule has 1 aromatic heterocycles. The molecule has 3 aromatic carbocycles. The normalized spacial score (nSPS) is 14.5. The van der Waals surface area contributed by atoms with Gasteiger partial charge in [-0.2, -0.15) is 5.26 Å². The van der Waals surface area contributed by atoms with Crippen LogP contribution >= 0.6 is 27.3 Å². The molecule has 0 radical (unpaired) electrons. The lowest BCUT2D eigenvalue weighted by Gasteiger charge is -2.24. The van der Waals surface area contributed by atoms with Crippen molar-refractivity contribution in [3.63, 3.8) is 0 Å². The van der Waals surface area contributed by atoms with Gasteiger partial charge in [-0.15, -0.1) is 0 Å². The van der Waals surface area contributed by atoms with E-state index in [4.69, 9.17) is 19.5 Å². The number of fused-ring (bicyclic) bond motifs is 1. The van der Waals surface area contributed by atoms with Crippen molar-refractivity contribution in [1.29, 1.82) is 5.26 Å². The Hall–Kier alpha value is -4.46. The first-order valence-corrected chi connectivity index (χ1v) is 15.1. The maximum Gasteiger partial charge on any atom is 0.338 e. The highest BCUT2D eigenvalue weighted by molar-refractivity contribution is 9.10. The summed E-state index contributed by atoms with van der Waals surface area (Å²) in [5, 5.41) is 9.02. The van der Waals surface area contributed by atoms with Gasteiger partial charge in [0.25, 0.3) is 5.56 Å². The lowest BCUT2D eigenvalue weighted by Crippen LogP contribution is -2.39. The van der Waals surface area contributed by atoms with Crippen molar-refractivity contribution < 1.29 is 19.0 Å². The molecule has 0 N–H and O–H groups in total. The second-order valence-corrected chi connectivity index (χ2v) is 11.7. The fourth-order valence-corrected chi connectivity index (χ4v) is 6.42. The van der Waals surface area contributed by atoms with E-state index in [2.05, 4.69) is 27.0 Å². The molecule has 43 heavy (non-hydrogen) atoms. The predicted octanol–water partition coefficient (Wildman–Crippen LogP) is 5.33. The van der Waals surface area contributed by atoms with Gasteiger partial charge >= 0.3 is 5.97 Å². The van der Waals surface area contributed by atoms with Crippen LogP contribution in [-0.2, 0) is 16.1 Å². The Bertz CT molecular complexity index is 1950. The maximum atomic E-state index is 13.9. The molecule has 0 saturated carbocycles. The molecule has 0 aliphatic carbocycles. The highest BCUT2D eigenvalue weighted by Gasteiger charge is 2.33. The third kappa shape index (κ3) is 6.19. The number of ether oxygens (including phenoxy) is 3. The van der Waals surface area contributed by atoms with Crippen molar-refractivity contribution in [3.8, 4) is 17.6 Å². The number of nitrogens with zero attached hydrogens (tertiary/aromatic N) is 3. The summed E-state index contributed by atoms with van der Waals surface area (Å²) in [6, 6.07) is 20.0. The topological polar surface area (TPSA) is 103 Å². The fourth-order valence-electron chi connectivity index (χ4n) is 4.80. The van der Waals surface area contributed by atoms with E-state index in [-0.39, 0.29) is 18.8 Å². The SMILES string of the molecule is CCOC(=O)C1=C(C)N=c2s/c(=C\c3cc(Br)c(OCc4ccc(C#N)cc4)c(OC)c3)c(=O)n2[C@@H]1c1ccc(C)cc1. The zero-order chi connectivity index (χ0) is 30.7. The van der Waals surface area contributed by atoms with Crippen LogP contribution < -0.4 is 24.4 Å². The van der Waals surface area contributed by atoms with E-state index in [0.29, 0.717) is 47.7 Å². The Balaban J connectivity index is 1.55. The Labute approximate surface area is 260 Å². The molecular formula is C33H28BrN3O5S. The highest BCUT2D eigenvalue weighted by Crippen LogP contribution is 2.37. The van der Waals surface area contributed by atoms with Crippen molar-refractivity contribution in [2.24, 2.45) is 4.99 Å². The summed E-state index contributed by atoms with van der Waals surface area (Å²) in [5.41, 5.74) is 4.66. The number of esters is 1. The van der Waals surface area contributed by atoms with E-state index in [1.54, 1.807) is 49.8 Å². The van der Waals surface area contributed by atoms with E-state index >= 15 is 0 Å². The summed E-state index contributed by atoms with van der Waals surface area (Å²) in [5.74, 6) is 0.508. The third-order valence-electron chi connectivity index (χ3n) is 6.93. The molecule has 0 spiro atoms. The molecule has 5 rings (SSSR count). The van der Waals surface area contributed by atoms with Gasteiger partial charge in [0.05, 0.1) is 51.7 Å². The molecule has 0 saturated heterocycles. The number of aryl methyl sites for hydroxylation is 1. The molecule has 8 nitrogen and oxygen atoms in total. The number of aromatic nitrogens is 1. The van der Waals surface area contributed by atoms with Crippen LogP contribution in [0.5, 0.6) is 11.5 Å². The van der Waals surface area contributed by atoms with Crippen LogP contribution in [0.3, 0.4) is 0 Å². The molecule has 218 valence electrons. The third-order valence-corrected chi connectivity index (χ3v) is 8.50. The van der Waals surface area contributed by atoms with Crippen LogP contribution in [0, 0.1) is 18.3 Å². The van der Waals surface area contributed by atoms with Gasteiger partial charge in [0.1, 0.15) is 6.61 Å². The number of thiazole rings is 1. The Kier molecular flexibility index (Phi) is 8.94. The fraction of sp³-hybridized carbons (Fsp3) is 0.212. The Morgan fingerprint density at radius 1 is 1.14 bits per heavy atom. The van der Waals surface area contributed by atoms with Crippen molar-refractivity contribution in [3.05, 3.63) is 124 Å². The number of hydrogen-bond donors (Lipinski definition) is 0. The highest BCUT2D eigenvalue weighted by atomic mass is 79.9. The quantitative estimate of drug-likeness (QED) is 0.237. The summed E-state index contributed by atoms with van der Waals surface area (Å²) in [6.45, 7) is 5.99. The van der Waals surface area contributed by atoms with Gasteiger partial charge in [-0.3, -0.25) is 9.36 Å². The van der Waals surface area contributed by atoms with Crippen molar-refractivity contribution in [2.45, 2.75) is 33.4 Å². The molecule has 0 amide bonds. The van der Waals surface area contributed by atoms with Crippen molar-refractivity contribution in [2.75, 3.05) is 13.7 Å². The van der Waals surface area contributed by atoms with E-state index in [1.807, 2.05) is 49.4 Å². The summed E-state index contributed by atoms with van der Waals surface area (Å²) >= 11 is 4.85. The first kappa shape index (κ1) is 30.0. The molecule has 4 aromatic rings. The van der Waals surface area contributed by atoms with Crippen molar-refractivity contribution in [1.82, 2.24) is 4.57 Å². The Morgan fingerprint density at radius 2 is 1.86 bits per heavy atom. The van der Waals surface area contributed by atoms with E-state index in [0.717, 1.165) is 16.7 Å². The van der Waals surface area contributed by atoms with Gasteiger partial charge in [-0.05, 0) is 83.7 Å². The number of benzene rings is 3. The first-order chi connectivity index (χ1) is 20.7. The minimum atomic E-state index is -0.669. The van der Waals surface area contributed by atoms with Crippen LogP contribution in [-0.4, -0.2) is 24.3 Å². The monoisotopic (exact) mass is 657 g/mol. The van der Waals surface area contributed by atoms with Gasteiger partial charge in [0.2, 0.25) is 0 Å². The number of methoxy groups -OCH3 is 1. The number of halogens is 1. The standard InChI is InChI=1S/C33H28BrN3O5S/c1-5-41-32(39)28-20(3)36-33-37(29(28)24-12-6-19(2)7-13-24)31(38)27(43-33)16-23-14-25(34)30(26(15-23)40-4)42-18-22-10-8-21(17-35)9-11-22/h6-16,29H,5,18H2,1-4H3/b27-16-/t29-/m1/s1. The average molecular weight is 659 g/mol. The summed E-state index contributed by atoms with van der Waals surface area (Å²) < 4.78 is 19.7. The smallest absolute Gasteiger partial charge is 0.338 e. The van der Waals surface area contributed by atoms with E-state index in [1.165, 1.54) is 11.3 Å². The number of allylic oxidation sites excluding steroid dienone is 1. The second-order valence-electron chi connectivity index (χ2n) is 9.84. The van der Waals surface area contributed by atoms with Crippen LogP contribution in [0.2, 0.25) is 0 Å². The average Bonchev–Trinajstić information content (AvgIpc) is 3.30. The van der Waals surface area contributed by atoms with Gasteiger partial charge < -0.3 is 14.2 Å². The minimum Gasteiger partial charge on any atom is -0.493 e. The van der Waals surface area contributed by atoms with Crippen LogP contribution in [0.25, 0.3) is 6.08 Å². The largest absolute Gasteiger partial charge is 0.493 e. The first-order valence-electron chi connectivity index (χ1n) is 13.5. The summed E-state index contributed by atoms with van der Waals surface area (Å²) in [7, 11) is 1.55. The summed E-state index contributed by atoms with van der Waals surface area (Å²) in [6.07, 6.45) is 1.77. The molecule has 0 fully saturated rings. The molecule has 1 aliphatic heterocycles. The van der Waals surface area contributed by atoms with Gasteiger partial charge in [-0.1, -0.05) is 53.3 Å². The van der Waals surface area contributed by atoms with Crippen LogP contribution in [0.4, 0.5) is 0 Å². The molecule has 1 atom stereocenters. The van der Waals surface area contributed by atoms with Gasteiger partial charge in [0.15, 0.2) is 16.3 Å². The Morgan fingerprint density at radius 3 is 2.51 bits per heavy atom.